The van der Waals surface area contributed by atoms with Gasteiger partial charge in [0.05, 0.1) is 15.6 Å². The number of carbonyl (C=O) groups is 2. The lowest BCUT2D eigenvalue weighted by Crippen LogP contribution is -2.25. The van der Waals surface area contributed by atoms with Gasteiger partial charge in [-0.25, -0.2) is 4.79 Å². The van der Waals surface area contributed by atoms with Crippen LogP contribution in [0.25, 0.3) is 0 Å². The van der Waals surface area contributed by atoms with E-state index in [2.05, 4.69) is 19.9 Å². The number of carbonyl (C=O) groups excluding carboxylic acids is 1. The van der Waals surface area contributed by atoms with Gasteiger partial charge in [-0.1, -0.05) is 55.2 Å². The van der Waals surface area contributed by atoms with Crippen LogP contribution in [-0.4, -0.2) is 30.5 Å². The van der Waals surface area contributed by atoms with Gasteiger partial charge in [0.2, 0.25) is 0 Å². The molecule has 0 fully saturated rings. The van der Waals surface area contributed by atoms with Gasteiger partial charge in [0, 0.05) is 29.9 Å². The standard InChI is InChI=1S/C21H19Cl2NO4/c1-21(2)14-6-4-5-7-17(14)24(3)18(21)10-13(25)11-28-19-15(22)8-12(20(26)27)9-16(19)23/h4-10H,11H2,1-3H3,(H,26,27)/b18-10-. The molecule has 3 rings (SSSR count). The number of allylic oxidation sites excluding steroid dienone is 1. The smallest absolute Gasteiger partial charge is 0.335 e. The van der Waals surface area contributed by atoms with E-state index in [4.69, 9.17) is 33.0 Å². The first-order chi connectivity index (χ1) is 13.1. The quantitative estimate of drug-likeness (QED) is 0.694. The van der Waals surface area contributed by atoms with Gasteiger partial charge in [-0.15, -0.1) is 0 Å². The normalized spacial score (nSPS) is 16.2. The molecule has 5 nitrogen and oxygen atoms in total. The summed E-state index contributed by atoms with van der Waals surface area (Å²) < 4.78 is 5.49. The molecule has 0 radical (unpaired) electrons. The minimum Gasteiger partial charge on any atom is -0.482 e. The number of carboxylic acids is 1. The molecule has 0 aromatic heterocycles. The number of rotatable bonds is 5. The fraction of sp³-hybridized carbons (Fsp3) is 0.238. The second kappa shape index (κ2) is 7.49. The van der Waals surface area contributed by atoms with E-state index in [1.54, 1.807) is 6.08 Å². The summed E-state index contributed by atoms with van der Waals surface area (Å²) in [5.74, 6) is -1.32. The van der Waals surface area contributed by atoms with Crippen LogP contribution in [0, 0.1) is 0 Å². The van der Waals surface area contributed by atoms with Crippen LogP contribution in [-0.2, 0) is 10.2 Å². The number of ether oxygens (including phenoxy) is 1. The minimum atomic E-state index is -1.15. The lowest BCUT2D eigenvalue weighted by atomic mass is 9.83. The maximum absolute atomic E-state index is 12.5. The van der Waals surface area contributed by atoms with Crippen LogP contribution in [0.2, 0.25) is 10.0 Å². The lowest BCUT2D eigenvalue weighted by Gasteiger charge is -2.24. The summed E-state index contributed by atoms with van der Waals surface area (Å²) in [4.78, 5) is 25.6. The highest BCUT2D eigenvalue weighted by molar-refractivity contribution is 6.37. The Hall–Kier alpha value is -2.50. The second-order valence-corrected chi connectivity index (χ2v) is 7.87. The number of hydrogen-bond donors (Lipinski definition) is 1. The fourth-order valence-corrected chi connectivity index (χ4v) is 4.01. The largest absolute Gasteiger partial charge is 0.482 e. The van der Waals surface area contributed by atoms with Crippen molar-refractivity contribution in [3.8, 4) is 5.75 Å². The second-order valence-electron chi connectivity index (χ2n) is 7.06. The topological polar surface area (TPSA) is 66.8 Å². The van der Waals surface area contributed by atoms with Gasteiger partial charge < -0.3 is 14.7 Å². The molecule has 1 heterocycles. The number of carboxylic acid groups (broad SMARTS) is 1. The van der Waals surface area contributed by atoms with E-state index in [-0.39, 0.29) is 39.2 Å². The van der Waals surface area contributed by atoms with Crippen LogP contribution in [0.1, 0.15) is 29.8 Å². The average Bonchev–Trinajstić information content (AvgIpc) is 2.82. The van der Waals surface area contributed by atoms with Crippen LogP contribution < -0.4 is 9.64 Å². The molecule has 0 saturated heterocycles. The van der Waals surface area contributed by atoms with Crippen molar-refractivity contribution in [3.05, 3.63) is 69.3 Å². The van der Waals surface area contributed by atoms with Crippen LogP contribution in [0.15, 0.2) is 48.2 Å². The van der Waals surface area contributed by atoms with Crippen LogP contribution >= 0.6 is 23.2 Å². The number of halogens is 2. The van der Waals surface area contributed by atoms with Crippen molar-refractivity contribution >= 4 is 40.6 Å². The van der Waals surface area contributed by atoms with Gasteiger partial charge in [-0.2, -0.15) is 0 Å². The number of anilines is 1. The third-order valence-corrected chi connectivity index (χ3v) is 5.40. The van der Waals surface area contributed by atoms with E-state index in [9.17, 15) is 9.59 Å². The number of likely N-dealkylation sites (N-methyl/N-ethyl adjacent to an activating group) is 1. The van der Waals surface area contributed by atoms with Crippen molar-refractivity contribution in [2.45, 2.75) is 19.3 Å². The summed E-state index contributed by atoms with van der Waals surface area (Å²) in [7, 11) is 1.92. The van der Waals surface area contributed by atoms with Gasteiger partial charge >= 0.3 is 5.97 Å². The Morgan fingerprint density at radius 1 is 1.18 bits per heavy atom. The zero-order valence-corrected chi connectivity index (χ0v) is 17.1. The summed E-state index contributed by atoms with van der Waals surface area (Å²) in [6.07, 6.45) is 1.56. The SMILES string of the molecule is CN1/C(=C\C(=O)COc2c(Cl)cc(C(=O)O)cc2Cl)C(C)(C)c2ccccc21. The molecule has 0 aliphatic carbocycles. The third kappa shape index (κ3) is 3.60. The highest BCUT2D eigenvalue weighted by atomic mass is 35.5. The molecule has 0 saturated carbocycles. The Labute approximate surface area is 173 Å². The molecule has 28 heavy (non-hydrogen) atoms. The zero-order valence-electron chi connectivity index (χ0n) is 15.6. The number of nitrogens with zero attached hydrogens (tertiary/aromatic N) is 1. The summed E-state index contributed by atoms with van der Waals surface area (Å²) in [6, 6.07) is 10.5. The number of aromatic carboxylic acids is 1. The molecule has 146 valence electrons. The maximum Gasteiger partial charge on any atom is 0.335 e. The van der Waals surface area contributed by atoms with Crippen molar-refractivity contribution < 1.29 is 19.4 Å². The molecule has 2 aromatic carbocycles. The van der Waals surface area contributed by atoms with E-state index in [0.717, 1.165) is 16.9 Å². The van der Waals surface area contributed by atoms with Crippen molar-refractivity contribution in [1.29, 1.82) is 0 Å². The van der Waals surface area contributed by atoms with E-state index >= 15 is 0 Å². The molecule has 0 atom stereocenters. The van der Waals surface area contributed by atoms with Gasteiger partial charge in [0.15, 0.2) is 18.1 Å². The first-order valence-corrected chi connectivity index (χ1v) is 9.32. The first-order valence-electron chi connectivity index (χ1n) is 8.56. The molecular weight excluding hydrogens is 401 g/mol. The zero-order chi connectivity index (χ0) is 20.6. The lowest BCUT2D eigenvalue weighted by molar-refractivity contribution is -0.116. The Kier molecular flexibility index (Phi) is 5.41. The molecule has 1 aliphatic heterocycles. The number of benzene rings is 2. The number of para-hydroxylation sites is 1. The monoisotopic (exact) mass is 419 g/mol. The van der Waals surface area contributed by atoms with Crippen LogP contribution in [0.4, 0.5) is 5.69 Å². The summed E-state index contributed by atoms with van der Waals surface area (Å²) in [5.41, 5.74) is 2.69. The predicted octanol–water partition coefficient (Wildman–Crippen LogP) is 4.95. The van der Waals surface area contributed by atoms with E-state index in [1.807, 2.05) is 30.1 Å². The number of ketones is 1. The van der Waals surface area contributed by atoms with E-state index in [1.165, 1.54) is 12.1 Å². The van der Waals surface area contributed by atoms with E-state index < -0.39 is 5.97 Å². The molecule has 0 unspecified atom stereocenters. The summed E-state index contributed by atoms with van der Waals surface area (Å²) in [5, 5.41) is 9.10. The van der Waals surface area contributed by atoms with Crippen molar-refractivity contribution in [1.82, 2.24) is 0 Å². The molecular formula is C21H19Cl2NO4. The Morgan fingerprint density at radius 3 is 2.36 bits per heavy atom. The van der Waals surface area contributed by atoms with Gasteiger partial charge in [0.1, 0.15) is 0 Å². The Bertz CT molecular complexity index is 975. The Balaban J connectivity index is 1.79. The number of hydrogen-bond acceptors (Lipinski definition) is 4. The maximum atomic E-state index is 12.5. The molecule has 2 aromatic rings. The van der Waals surface area contributed by atoms with Crippen molar-refractivity contribution in [2.75, 3.05) is 18.6 Å². The molecule has 0 amide bonds. The molecule has 1 N–H and O–H groups in total. The average molecular weight is 420 g/mol. The third-order valence-electron chi connectivity index (χ3n) is 4.84. The minimum absolute atomic E-state index is 0.0380. The molecule has 0 spiro atoms. The van der Waals surface area contributed by atoms with Gasteiger partial charge in [0.25, 0.3) is 0 Å². The van der Waals surface area contributed by atoms with Crippen LogP contribution in [0.5, 0.6) is 5.75 Å². The first kappa shape index (κ1) is 20.2. The highest BCUT2D eigenvalue weighted by Crippen LogP contribution is 2.46. The summed E-state index contributed by atoms with van der Waals surface area (Å²) in [6.45, 7) is 3.86. The summed E-state index contributed by atoms with van der Waals surface area (Å²) >= 11 is 12.1. The van der Waals surface area contributed by atoms with Crippen molar-refractivity contribution in [2.24, 2.45) is 0 Å². The Morgan fingerprint density at radius 2 is 1.79 bits per heavy atom. The number of fused-ring (bicyclic) bond motifs is 1. The van der Waals surface area contributed by atoms with Crippen molar-refractivity contribution in [3.63, 3.8) is 0 Å². The fourth-order valence-electron chi connectivity index (χ4n) is 3.42. The molecule has 1 aliphatic rings. The van der Waals surface area contributed by atoms with E-state index in [0.29, 0.717) is 0 Å². The highest BCUT2D eigenvalue weighted by Gasteiger charge is 2.38. The van der Waals surface area contributed by atoms with Crippen LogP contribution in [0.3, 0.4) is 0 Å². The van der Waals surface area contributed by atoms with Gasteiger partial charge in [-0.05, 0) is 23.8 Å². The predicted molar refractivity (Wildman–Crippen MR) is 110 cm³/mol. The molecule has 0 bridgehead atoms. The molecule has 7 heteroatoms. The van der Waals surface area contributed by atoms with Gasteiger partial charge in [-0.3, -0.25) is 4.79 Å².